The molecule has 2 heterocycles. The molecule has 1 amide bonds. The van der Waals surface area contributed by atoms with E-state index >= 15 is 0 Å². The van der Waals surface area contributed by atoms with Crippen LogP contribution in [-0.2, 0) is 16.0 Å². The van der Waals surface area contributed by atoms with E-state index in [1.165, 1.54) is 11.3 Å². The normalized spacial score (nSPS) is 12.0. The topological polar surface area (TPSA) is 105 Å². The molecule has 0 spiro atoms. The number of nitrogens with one attached hydrogen (secondary N) is 1. The summed E-state index contributed by atoms with van der Waals surface area (Å²) >= 11 is 1.50. The minimum atomic E-state index is -1.02. The van der Waals surface area contributed by atoms with E-state index in [-0.39, 0.29) is 18.7 Å². The second-order valence-electron chi connectivity index (χ2n) is 4.74. The van der Waals surface area contributed by atoms with E-state index in [9.17, 15) is 9.59 Å². The van der Waals surface area contributed by atoms with Crippen molar-refractivity contribution in [2.45, 2.75) is 38.6 Å². The minimum Gasteiger partial charge on any atom is -0.480 e. The number of rotatable bonds is 8. The van der Waals surface area contributed by atoms with Crippen LogP contribution >= 0.6 is 11.3 Å². The Morgan fingerprint density at radius 3 is 2.95 bits per heavy atom. The van der Waals surface area contributed by atoms with Gasteiger partial charge in [0.15, 0.2) is 0 Å². The maximum absolute atomic E-state index is 11.8. The van der Waals surface area contributed by atoms with Gasteiger partial charge in [-0.25, -0.2) is 4.79 Å². The Morgan fingerprint density at radius 1 is 1.50 bits per heavy atom. The quantitative estimate of drug-likeness (QED) is 0.770. The standard InChI is InChI=1S/C14H17N3O4S/c1-2-4-9(14(19)20)15-11(18)6-7-12-16-13(17-21-12)10-5-3-8-22-10/h3,5,8-9H,2,4,6-7H2,1H3,(H,15,18)(H,19,20). The van der Waals surface area contributed by atoms with Gasteiger partial charge < -0.3 is 14.9 Å². The van der Waals surface area contributed by atoms with Crippen LogP contribution < -0.4 is 5.32 Å². The van der Waals surface area contributed by atoms with Gasteiger partial charge in [-0.2, -0.15) is 4.98 Å². The highest BCUT2D eigenvalue weighted by molar-refractivity contribution is 7.13. The first-order valence-corrected chi connectivity index (χ1v) is 7.86. The third kappa shape index (κ3) is 4.39. The van der Waals surface area contributed by atoms with Gasteiger partial charge in [-0.1, -0.05) is 24.6 Å². The predicted octanol–water partition coefficient (Wildman–Crippen LogP) is 2.10. The van der Waals surface area contributed by atoms with Crippen LogP contribution in [0.3, 0.4) is 0 Å². The summed E-state index contributed by atoms with van der Waals surface area (Å²) in [4.78, 5) is 27.9. The molecule has 1 unspecified atom stereocenters. The SMILES string of the molecule is CCCC(NC(=O)CCc1nc(-c2cccs2)no1)C(=O)O. The fourth-order valence-electron chi connectivity index (χ4n) is 1.90. The summed E-state index contributed by atoms with van der Waals surface area (Å²) in [5.74, 6) is -0.495. The van der Waals surface area contributed by atoms with Crippen LogP contribution in [0.1, 0.15) is 32.1 Å². The third-order valence-electron chi connectivity index (χ3n) is 2.99. The van der Waals surface area contributed by atoms with Crippen LogP contribution in [0.15, 0.2) is 22.0 Å². The highest BCUT2D eigenvalue weighted by Crippen LogP contribution is 2.21. The second kappa shape index (κ2) is 7.69. The van der Waals surface area contributed by atoms with Gasteiger partial charge in [0.2, 0.25) is 17.6 Å². The third-order valence-corrected chi connectivity index (χ3v) is 3.85. The zero-order valence-electron chi connectivity index (χ0n) is 12.1. The van der Waals surface area contributed by atoms with Crippen molar-refractivity contribution >= 4 is 23.2 Å². The van der Waals surface area contributed by atoms with E-state index in [1.807, 2.05) is 24.4 Å². The maximum atomic E-state index is 11.8. The van der Waals surface area contributed by atoms with Crippen LogP contribution in [0.25, 0.3) is 10.7 Å². The van der Waals surface area contributed by atoms with Gasteiger partial charge in [0.1, 0.15) is 6.04 Å². The van der Waals surface area contributed by atoms with E-state index in [0.29, 0.717) is 24.6 Å². The summed E-state index contributed by atoms with van der Waals surface area (Å²) in [6, 6.07) is 2.93. The number of hydrogen-bond acceptors (Lipinski definition) is 6. The van der Waals surface area contributed by atoms with Crippen molar-refractivity contribution in [3.05, 3.63) is 23.4 Å². The number of aryl methyl sites for hydroxylation is 1. The molecule has 0 aliphatic rings. The highest BCUT2D eigenvalue weighted by atomic mass is 32.1. The summed E-state index contributed by atoms with van der Waals surface area (Å²) in [7, 11) is 0. The first-order chi connectivity index (χ1) is 10.6. The van der Waals surface area contributed by atoms with E-state index in [4.69, 9.17) is 9.63 Å². The number of carbonyl (C=O) groups is 2. The number of hydrogen-bond donors (Lipinski definition) is 2. The lowest BCUT2D eigenvalue weighted by Gasteiger charge is -2.12. The molecule has 0 fully saturated rings. The zero-order chi connectivity index (χ0) is 15.9. The highest BCUT2D eigenvalue weighted by Gasteiger charge is 2.19. The average molecular weight is 323 g/mol. The molecule has 118 valence electrons. The van der Waals surface area contributed by atoms with Crippen LogP contribution in [0.4, 0.5) is 0 Å². The molecule has 2 aromatic rings. The zero-order valence-corrected chi connectivity index (χ0v) is 12.9. The summed E-state index contributed by atoms with van der Waals surface area (Å²) in [5.41, 5.74) is 0. The lowest BCUT2D eigenvalue weighted by atomic mass is 10.1. The van der Waals surface area contributed by atoms with Crippen molar-refractivity contribution in [1.29, 1.82) is 0 Å². The van der Waals surface area contributed by atoms with Gasteiger partial charge >= 0.3 is 5.97 Å². The summed E-state index contributed by atoms with van der Waals surface area (Å²) in [6.45, 7) is 1.87. The van der Waals surface area contributed by atoms with Crippen LogP contribution in [0, 0.1) is 0 Å². The molecule has 2 rings (SSSR count). The Bertz CT molecular complexity index is 624. The smallest absolute Gasteiger partial charge is 0.326 e. The van der Waals surface area contributed by atoms with Crippen molar-refractivity contribution in [3.8, 4) is 10.7 Å². The number of nitrogens with zero attached hydrogens (tertiary/aromatic N) is 2. The lowest BCUT2D eigenvalue weighted by Crippen LogP contribution is -2.40. The fraction of sp³-hybridized carbons (Fsp3) is 0.429. The number of carbonyl (C=O) groups excluding carboxylic acids is 1. The Balaban J connectivity index is 1.85. The van der Waals surface area contributed by atoms with E-state index in [0.717, 1.165) is 4.88 Å². The lowest BCUT2D eigenvalue weighted by molar-refractivity contribution is -0.142. The number of amides is 1. The molecule has 0 saturated heterocycles. The van der Waals surface area contributed by atoms with Crippen LogP contribution in [-0.4, -0.2) is 33.2 Å². The number of carboxylic acid groups (broad SMARTS) is 1. The van der Waals surface area contributed by atoms with Crippen molar-refractivity contribution in [1.82, 2.24) is 15.5 Å². The molecule has 0 aliphatic heterocycles. The average Bonchev–Trinajstić information content (AvgIpc) is 3.15. The fourth-order valence-corrected chi connectivity index (χ4v) is 2.54. The van der Waals surface area contributed by atoms with E-state index in [1.54, 1.807) is 0 Å². The number of aromatic nitrogens is 2. The Labute approximate surface area is 131 Å². The van der Waals surface area contributed by atoms with E-state index in [2.05, 4.69) is 15.5 Å². The molecule has 1 atom stereocenters. The Kier molecular flexibility index (Phi) is 5.65. The molecule has 0 bridgehead atoms. The molecule has 22 heavy (non-hydrogen) atoms. The second-order valence-corrected chi connectivity index (χ2v) is 5.68. The van der Waals surface area contributed by atoms with Gasteiger partial charge in [0, 0.05) is 12.8 Å². The predicted molar refractivity (Wildman–Crippen MR) is 80.4 cm³/mol. The molecule has 8 heteroatoms. The van der Waals surface area contributed by atoms with Crippen molar-refractivity contribution in [2.75, 3.05) is 0 Å². The molecule has 2 aromatic heterocycles. The molecule has 7 nitrogen and oxygen atoms in total. The first kappa shape index (κ1) is 16.2. The first-order valence-electron chi connectivity index (χ1n) is 6.98. The molecule has 0 aromatic carbocycles. The number of thiophene rings is 1. The number of aliphatic carboxylic acids is 1. The summed E-state index contributed by atoms with van der Waals surface area (Å²) < 4.78 is 5.09. The minimum absolute atomic E-state index is 0.111. The molecule has 0 aliphatic carbocycles. The number of carboxylic acids is 1. The molecular formula is C14H17N3O4S. The van der Waals surface area contributed by atoms with Crippen LogP contribution in [0.2, 0.25) is 0 Å². The van der Waals surface area contributed by atoms with Gasteiger partial charge in [0.05, 0.1) is 4.88 Å². The Morgan fingerprint density at radius 2 is 2.32 bits per heavy atom. The van der Waals surface area contributed by atoms with Crippen molar-refractivity contribution < 1.29 is 19.2 Å². The van der Waals surface area contributed by atoms with Gasteiger partial charge in [-0.15, -0.1) is 11.3 Å². The molecule has 0 saturated carbocycles. The Hall–Kier alpha value is -2.22. The molecule has 0 radical (unpaired) electrons. The molecular weight excluding hydrogens is 306 g/mol. The van der Waals surface area contributed by atoms with Gasteiger partial charge in [-0.05, 0) is 17.9 Å². The summed E-state index contributed by atoms with van der Waals surface area (Å²) in [6.07, 6.45) is 1.48. The van der Waals surface area contributed by atoms with Gasteiger partial charge in [-0.3, -0.25) is 4.79 Å². The van der Waals surface area contributed by atoms with Gasteiger partial charge in [0.25, 0.3) is 0 Å². The van der Waals surface area contributed by atoms with E-state index < -0.39 is 12.0 Å². The van der Waals surface area contributed by atoms with Crippen LogP contribution in [0.5, 0.6) is 0 Å². The van der Waals surface area contributed by atoms with Crippen molar-refractivity contribution in [3.63, 3.8) is 0 Å². The van der Waals surface area contributed by atoms with Crippen molar-refractivity contribution in [2.24, 2.45) is 0 Å². The summed E-state index contributed by atoms with van der Waals surface area (Å²) in [5, 5.41) is 17.3. The monoisotopic (exact) mass is 323 g/mol. The molecule has 2 N–H and O–H groups in total. The largest absolute Gasteiger partial charge is 0.480 e. The maximum Gasteiger partial charge on any atom is 0.326 e.